The van der Waals surface area contributed by atoms with Crippen molar-refractivity contribution in [1.82, 2.24) is 0 Å². The second-order valence-corrected chi connectivity index (χ2v) is 4.78. The molecule has 13 heavy (non-hydrogen) atoms. The quantitative estimate of drug-likeness (QED) is 0.362. The number of rotatable bonds is 7. The third-order valence-corrected chi connectivity index (χ3v) is 3.10. The van der Waals surface area contributed by atoms with Gasteiger partial charge >= 0.3 is 0 Å². The van der Waals surface area contributed by atoms with E-state index in [0.717, 1.165) is 0 Å². The lowest BCUT2D eigenvalue weighted by Crippen LogP contribution is -2.03. The minimum atomic E-state index is -0.0804. The van der Waals surface area contributed by atoms with E-state index in [1.165, 1.54) is 17.8 Å². The molecule has 0 aromatic heterocycles. The molecule has 2 radical (unpaired) electrons. The smallest absolute Gasteiger partial charge is 0.240 e. The van der Waals surface area contributed by atoms with E-state index < -0.39 is 0 Å². The van der Waals surface area contributed by atoms with Gasteiger partial charge in [-0.05, 0) is 6.08 Å². The number of thioether (sulfide) groups is 1. The Morgan fingerprint density at radius 2 is 2.23 bits per heavy atom. The molecule has 0 saturated carbocycles. The first kappa shape index (κ1) is 12.6. The number of allylic oxidation sites excluding steroid dienone is 1. The van der Waals surface area contributed by atoms with Crippen LogP contribution in [-0.2, 0) is 14.0 Å². The van der Waals surface area contributed by atoms with E-state index in [1.807, 2.05) is 0 Å². The third-order valence-electron chi connectivity index (χ3n) is 1.24. The van der Waals surface area contributed by atoms with Crippen molar-refractivity contribution in [2.75, 3.05) is 12.5 Å². The Balaban J connectivity index is 3.40. The first-order valence-corrected chi connectivity index (χ1v) is 5.87. The maximum absolute atomic E-state index is 11.1. The Kier molecular flexibility index (Phi) is 7.97. The monoisotopic (exact) mass is 216 g/mol. The number of carbonyl (C=O) groups is 2. The van der Waals surface area contributed by atoms with Crippen molar-refractivity contribution in [1.29, 1.82) is 0 Å². The van der Waals surface area contributed by atoms with Crippen LogP contribution < -0.4 is 0 Å². The van der Waals surface area contributed by atoms with Crippen LogP contribution in [0.25, 0.3) is 0 Å². The van der Waals surface area contributed by atoms with Gasteiger partial charge < -0.3 is 4.43 Å². The topological polar surface area (TPSA) is 43.4 Å². The molecule has 0 aromatic carbocycles. The summed E-state index contributed by atoms with van der Waals surface area (Å²) in [6, 6.07) is 0. The Bertz CT molecular complexity index is 194. The summed E-state index contributed by atoms with van der Waals surface area (Å²) in [6.07, 6.45) is 1.81. The molecule has 0 amide bonds. The van der Waals surface area contributed by atoms with Crippen LogP contribution in [0, 0.1) is 0 Å². The Labute approximate surface area is 84.9 Å². The average Bonchev–Trinajstić information content (AvgIpc) is 2.14. The van der Waals surface area contributed by atoms with Gasteiger partial charge in [0.2, 0.25) is 9.76 Å². The van der Waals surface area contributed by atoms with E-state index in [0.29, 0.717) is 21.6 Å². The maximum Gasteiger partial charge on any atom is 0.240 e. The highest BCUT2D eigenvalue weighted by molar-refractivity contribution is 8.14. The molecular formula is C8H12O3SSi. The van der Waals surface area contributed by atoms with Gasteiger partial charge in [0, 0.05) is 25.3 Å². The number of carbonyl (C=O) groups excluding carboxylic acids is 2. The molecule has 0 aliphatic rings. The standard InChI is InChI=1S/C8H12O3SSi/c1-3-7(9)4-5-8(10)12-6-13-11-2/h3H,1,4-6H2,2H3. The number of ketones is 1. The van der Waals surface area contributed by atoms with Crippen LogP contribution in [0.3, 0.4) is 0 Å². The lowest BCUT2D eigenvalue weighted by molar-refractivity contribution is -0.117. The SMILES string of the molecule is C=CC(=O)CCC(=O)SC[Si]OC. The molecule has 0 heterocycles. The fraction of sp³-hybridized carbons (Fsp3) is 0.500. The molecule has 0 bridgehead atoms. The zero-order valence-corrected chi connectivity index (χ0v) is 9.36. The van der Waals surface area contributed by atoms with Crippen LogP contribution in [0.4, 0.5) is 0 Å². The molecule has 0 fully saturated rings. The number of hydrogen-bond donors (Lipinski definition) is 0. The fourth-order valence-corrected chi connectivity index (χ4v) is 2.17. The second-order valence-electron chi connectivity index (χ2n) is 2.18. The highest BCUT2D eigenvalue weighted by atomic mass is 32.2. The van der Waals surface area contributed by atoms with Gasteiger partial charge in [-0.1, -0.05) is 18.3 Å². The summed E-state index contributed by atoms with van der Waals surface area (Å²) >= 11 is 1.22. The zero-order valence-electron chi connectivity index (χ0n) is 7.54. The van der Waals surface area contributed by atoms with E-state index in [1.54, 1.807) is 7.11 Å². The molecule has 0 aromatic rings. The van der Waals surface area contributed by atoms with Crippen molar-refractivity contribution in [2.45, 2.75) is 12.8 Å². The van der Waals surface area contributed by atoms with E-state index in [4.69, 9.17) is 4.43 Å². The normalized spacial score (nSPS) is 9.62. The first-order chi connectivity index (χ1) is 6.20. The molecule has 0 aliphatic heterocycles. The molecule has 0 rings (SSSR count). The maximum atomic E-state index is 11.1. The van der Waals surface area contributed by atoms with Crippen LogP contribution in [0.2, 0.25) is 0 Å². The van der Waals surface area contributed by atoms with Gasteiger partial charge in [-0.25, -0.2) is 0 Å². The molecule has 0 aliphatic carbocycles. The van der Waals surface area contributed by atoms with Crippen molar-refractivity contribution in [2.24, 2.45) is 0 Å². The highest BCUT2D eigenvalue weighted by Crippen LogP contribution is 2.06. The minimum absolute atomic E-state index is 0.0414. The van der Waals surface area contributed by atoms with Gasteiger partial charge in [0.1, 0.15) is 0 Å². The number of hydrogen-bond acceptors (Lipinski definition) is 4. The van der Waals surface area contributed by atoms with Crippen molar-refractivity contribution < 1.29 is 14.0 Å². The highest BCUT2D eigenvalue weighted by Gasteiger charge is 2.05. The van der Waals surface area contributed by atoms with E-state index in [-0.39, 0.29) is 17.3 Å². The van der Waals surface area contributed by atoms with Crippen LogP contribution >= 0.6 is 11.8 Å². The van der Waals surface area contributed by atoms with Gasteiger partial charge in [0.05, 0.1) is 0 Å². The van der Waals surface area contributed by atoms with Crippen LogP contribution in [0.15, 0.2) is 12.7 Å². The lowest BCUT2D eigenvalue weighted by Gasteiger charge is -1.96. The van der Waals surface area contributed by atoms with Crippen molar-refractivity contribution in [3.05, 3.63) is 12.7 Å². The zero-order chi connectivity index (χ0) is 10.1. The van der Waals surface area contributed by atoms with Crippen molar-refractivity contribution >= 4 is 32.4 Å². The summed E-state index contributed by atoms with van der Waals surface area (Å²) in [4.78, 5) is 21.8. The molecule has 0 spiro atoms. The molecule has 72 valence electrons. The molecule has 5 heteroatoms. The molecular weight excluding hydrogens is 204 g/mol. The van der Waals surface area contributed by atoms with Crippen molar-refractivity contribution in [3.8, 4) is 0 Å². The van der Waals surface area contributed by atoms with Crippen LogP contribution in [0.1, 0.15) is 12.8 Å². The third kappa shape index (κ3) is 7.95. The Hall–Kier alpha value is -0.393. The summed E-state index contributed by atoms with van der Waals surface area (Å²) < 4.78 is 4.81. The minimum Gasteiger partial charge on any atom is -0.420 e. The van der Waals surface area contributed by atoms with Gasteiger partial charge in [0.15, 0.2) is 10.9 Å². The predicted octanol–water partition coefficient (Wildman–Crippen LogP) is 1.00. The lowest BCUT2D eigenvalue weighted by atomic mass is 10.2. The van der Waals surface area contributed by atoms with Crippen LogP contribution in [0.5, 0.6) is 0 Å². The van der Waals surface area contributed by atoms with Crippen molar-refractivity contribution in [3.63, 3.8) is 0 Å². The van der Waals surface area contributed by atoms with E-state index in [2.05, 4.69) is 6.58 Å². The predicted molar refractivity (Wildman–Crippen MR) is 54.7 cm³/mol. The van der Waals surface area contributed by atoms with Gasteiger partial charge in [-0.2, -0.15) is 0 Å². The summed E-state index contributed by atoms with van der Waals surface area (Å²) in [7, 11) is 1.95. The van der Waals surface area contributed by atoms with E-state index in [9.17, 15) is 9.59 Å². The van der Waals surface area contributed by atoms with Gasteiger partial charge in [-0.3, -0.25) is 9.59 Å². The molecule has 0 N–H and O–H groups in total. The summed E-state index contributed by atoms with van der Waals surface area (Å²) in [6.45, 7) is 3.33. The summed E-state index contributed by atoms with van der Waals surface area (Å²) in [5.74, 6) is -0.0804. The first-order valence-electron chi connectivity index (χ1n) is 3.77. The largest absolute Gasteiger partial charge is 0.420 e. The Morgan fingerprint density at radius 3 is 2.77 bits per heavy atom. The van der Waals surface area contributed by atoms with Gasteiger partial charge in [0.25, 0.3) is 0 Å². The average molecular weight is 216 g/mol. The summed E-state index contributed by atoms with van der Waals surface area (Å²) in [5.41, 5.74) is 0. The Morgan fingerprint density at radius 1 is 1.54 bits per heavy atom. The van der Waals surface area contributed by atoms with E-state index >= 15 is 0 Å². The molecule has 0 unspecified atom stereocenters. The summed E-state index contributed by atoms with van der Waals surface area (Å²) in [5, 5.41) is 0.720. The second kappa shape index (κ2) is 8.22. The molecule has 0 saturated heterocycles. The molecule has 0 atom stereocenters. The van der Waals surface area contributed by atoms with Crippen LogP contribution in [-0.4, -0.2) is 33.1 Å². The fourth-order valence-electron chi connectivity index (χ4n) is 0.568. The van der Waals surface area contributed by atoms with Gasteiger partial charge in [-0.15, -0.1) is 0 Å². The molecule has 3 nitrogen and oxygen atoms in total.